The van der Waals surface area contributed by atoms with Crippen molar-refractivity contribution in [3.63, 3.8) is 0 Å². The predicted octanol–water partition coefficient (Wildman–Crippen LogP) is -0.122. The molecule has 0 saturated heterocycles. The SMILES string of the molecule is CC(C)S(=O)(=O)[O-].CC(C)S(=O)(=O)[O-].[Zn+2]. The predicted molar refractivity (Wildman–Crippen MR) is 49.7 cm³/mol. The van der Waals surface area contributed by atoms with Gasteiger partial charge in [-0.2, -0.15) is 0 Å². The van der Waals surface area contributed by atoms with E-state index in [-0.39, 0.29) is 19.5 Å². The maximum Gasteiger partial charge on any atom is 2.00 e. The largest absolute Gasteiger partial charge is 2.00 e. The molecule has 0 spiro atoms. The van der Waals surface area contributed by atoms with Crippen LogP contribution in [0, 0.1) is 0 Å². The van der Waals surface area contributed by atoms with Crippen LogP contribution >= 0.6 is 0 Å². The summed E-state index contributed by atoms with van der Waals surface area (Å²) in [5.41, 5.74) is 0. The molecule has 6 nitrogen and oxygen atoms in total. The zero-order valence-electron chi connectivity index (χ0n) is 9.13. The maximum atomic E-state index is 9.78. The van der Waals surface area contributed by atoms with Crippen molar-refractivity contribution in [2.45, 2.75) is 38.2 Å². The summed E-state index contributed by atoms with van der Waals surface area (Å²) in [6, 6.07) is 0. The maximum absolute atomic E-state index is 9.78. The summed E-state index contributed by atoms with van der Waals surface area (Å²) >= 11 is 0. The molecule has 0 aromatic rings. The van der Waals surface area contributed by atoms with E-state index in [1.807, 2.05) is 0 Å². The van der Waals surface area contributed by atoms with Gasteiger partial charge < -0.3 is 9.11 Å². The number of hydrogen-bond donors (Lipinski definition) is 0. The van der Waals surface area contributed by atoms with Gasteiger partial charge in [-0.3, -0.25) is 0 Å². The van der Waals surface area contributed by atoms with Crippen LogP contribution in [0.25, 0.3) is 0 Å². The molecule has 0 unspecified atom stereocenters. The molecule has 0 aliphatic heterocycles. The van der Waals surface area contributed by atoms with Crippen molar-refractivity contribution < 1.29 is 45.4 Å². The molecule has 0 aliphatic carbocycles. The van der Waals surface area contributed by atoms with Gasteiger partial charge in [-0.25, -0.2) is 16.8 Å². The Labute approximate surface area is 104 Å². The molecule has 0 saturated carbocycles. The number of rotatable bonds is 2. The molecule has 15 heavy (non-hydrogen) atoms. The standard InChI is InChI=1S/2C3H8O3S.Zn/c2*1-3(2)7(4,5)6;/h2*3H,1-2H3,(H,4,5,6);/q;;+2/p-2. The summed E-state index contributed by atoms with van der Waals surface area (Å²) in [6.07, 6.45) is 0. The quantitative estimate of drug-likeness (QED) is 0.518. The molecule has 0 bridgehead atoms. The van der Waals surface area contributed by atoms with Crippen LogP contribution in [0.5, 0.6) is 0 Å². The first-order chi connectivity index (χ1) is 5.89. The molecule has 0 aliphatic rings. The fraction of sp³-hybridized carbons (Fsp3) is 1.00. The molecule has 0 amide bonds. The Bertz CT molecular complexity index is 306. The number of hydrogen-bond acceptors (Lipinski definition) is 6. The summed E-state index contributed by atoms with van der Waals surface area (Å²) in [5.74, 6) is 0. The second-order valence-corrected chi connectivity index (χ2v) is 6.94. The Morgan fingerprint density at radius 2 is 0.800 bits per heavy atom. The van der Waals surface area contributed by atoms with Crippen LogP contribution in [0.3, 0.4) is 0 Å². The zero-order valence-corrected chi connectivity index (χ0v) is 13.7. The Hall–Kier alpha value is 0.443. The first kappa shape index (κ1) is 20.8. The molecule has 0 aromatic carbocycles. The molecule has 0 N–H and O–H groups in total. The average Bonchev–Trinajstić information content (AvgIpc) is 1.83. The third-order valence-electron chi connectivity index (χ3n) is 1.15. The van der Waals surface area contributed by atoms with Crippen molar-refractivity contribution >= 4 is 20.2 Å². The molecular formula is C6H14O6S2Zn. The van der Waals surface area contributed by atoms with Crippen molar-refractivity contribution in [2.75, 3.05) is 0 Å². The van der Waals surface area contributed by atoms with Gasteiger partial charge in [-0.1, -0.05) is 0 Å². The van der Waals surface area contributed by atoms with E-state index >= 15 is 0 Å². The monoisotopic (exact) mass is 310 g/mol. The van der Waals surface area contributed by atoms with Gasteiger partial charge in [-0.05, 0) is 27.7 Å². The van der Waals surface area contributed by atoms with Crippen molar-refractivity contribution in [1.82, 2.24) is 0 Å². The van der Waals surface area contributed by atoms with E-state index in [0.717, 1.165) is 0 Å². The van der Waals surface area contributed by atoms with Gasteiger partial charge >= 0.3 is 19.5 Å². The van der Waals surface area contributed by atoms with Crippen LogP contribution in [0.1, 0.15) is 27.7 Å². The van der Waals surface area contributed by atoms with Crippen LogP contribution in [-0.2, 0) is 39.7 Å². The van der Waals surface area contributed by atoms with Crippen molar-refractivity contribution in [1.29, 1.82) is 0 Å². The second-order valence-electron chi connectivity index (χ2n) is 3.08. The molecule has 9 heteroatoms. The minimum atomic E-state index is -3.99. The summed E-state index contributed by atoms with van der Waals surface area (Å²) in [4.78, 5) is 0. The minimum absolute atomic E-state index is 0. The topological polar surface area (TPSA) is 114 Å². The summed E-state index contributed by atoms with van der Waals surface area (Å²) in [7, 11) is -7.98. The van der Waals surface area contributed by atoms with E-state index in [0.29, 0.717) is 0 Å². The van der Waals surface area contributed by atoms with E-state index < -0.39 is 30.7 Å². The van der Waals surface area contributed by atoms with Crippen LogP contribution in [0.2, 0.25) is 0 Å². The Morgan fingerprint density at radius 3 is 0.800 bits per heavy atom. The van der Waals surface area contributed by atoms with E-state index in [9.17, 15) is 25.9 Å². The summed E-state index contributed by atoms with van der Waals surface area (Å²) < 4.78 is 58.7. The van der Waals surface area contributed by atoms with E-state index in [1.165, 1.54) is 27.7 Å². The Morgan fingerprint density at radius 1 is 0.733 bits per heavy atom. The van der Waals surface area contributed by atoms with Crippen LogP contribution in [-0.4, -0.2) is 36.4 Å². The van der Waals surface area contributed by atoms with E-state index in [4.69, 9.17) is 0 Å². The molecule has 0 atom stereocenters. The molecule has 0 radical (unpaired) electrons. The molecular weight excluding hydrogens is 298 g/mol. The smallest absolute Gasteiger partial charge is 0.748 e. The molecule has 0 aromatic heterocycles. The van der Waals surface area contributed by atoms with Gasteiger partial charge in [0.15, 0.2) is 0 Å². The fourth-order valence-corrected chi connectivity index (χ4v) is 0. The van der Waals surface area contributed by atoms with Crippen LogP contribution < -0.4 is 0 Å². The first-order valence-electron chi connectivity index (χ1n) is 3.78. The van der Waals surface area contributed by atoms with E-state index in [1.54, 1.807) is 0 Å². The third-order valence-corrected chi connectivity index (χ3v) is 3.46. The van der Waals surface area contributed by atoms with Gasteiger partial charge in [0.05, 0.1) is 20.2 Å². The second kappa shape index (κ2) is 7.67. The van der Waals surface area contributed by atoms with Crippen LogP contribution in [0.4, 0.5) is 0 Å². The normalized spacial score (nSPS) is 11.7. The van der Waals surface area contributed by atoms with Gasteiger partial charge in [-0.15, -0.1) is 0 Å². The molecule has 0 fully saturated rings. The van der Waals surface area contributed by atoms with Gasteiger partial charge in [0.2, 0.25) is 0 Å². The Kier molecular flexibility index (Phi) is 10.6. The third kappa shape index (κ3) is 14.4. The molecule has 0 heterocycles. The fourth-order valence-electron chi connectivity index (χ4n) is 0. The summed E-state index contributed by atoms with van der Waals surface area (Å²) in [6.45, 7) is 5.40. The summed E-state index contributed by atoms with van der Waals surface area (Å²) in [5, 5.41) is -1.57. The molecule has 0 rings (SSSR count). The van der Waals surface area contributed by atoms with E-state index in [2.05, 4.69) is 0 Å². The van der Waals surface area contributed by atoms with Crippen molar-refractivity contribution in [2.24, 2.45) is 0 Å². The Balaban J connectivity index is -0.000000180. The zero-order chi connectivity index (χ0) is 12.2. The molecule has 88 valence electrons. The van der Waals surface area contributed by atoms with Crippen molar-refractivity contribution in [3.05, 3.63) is 0 Å². The first-order valence-corrected chi connectivity index (χ1v) is 6.72. The van der Waals surface area contributed by atoms with Gasteiger partial charge in [0.1, 0.15) is 0 Å². The van der Waals surface area contributed by atoms with Gasteiger partial charge in [0.25, 0.3) is 0 Å². The van der Waals surface area contributed by atoms with Crippen molar-refractivity contribution in [3.8, 4) is 0 Å². The van der Waals surface area contributed by atoms with Gasteiger partial charge in [0, 0.05) is 10.5 Å². The minimum Gasteiger partial charge on any atom is -0.748 e. The van der Waals surface area contributed by atoms with Crippen LogP contribution in [0.15, 0.2) is 0 Å². The average molecular weight is 312 g/mol.